The van der Waals surface area contributed by atoms with Gasteiger partial charge in [0.1, 0.15) is 0 Å². The zero-order valence-corrected chi connectivity index (χ0v) is 16.2. The molecule has 0 amide bonds. The molecule has 0 N–H and O–H groups in total. The van der Waals surface area contributed by atoms with Crippen LogP contribution in [0.25, 0.3) is 0 Å². The van der Waals surface area contributed by atoms with Crippen LogP contribution in [-0.2, 0) is 6.16 Å². The fourth-order valence-corrected chi connectivity index (χ4v) is 8.80. The summed E-state index contributed by atoms with van der Waals surface area (Å²) in [6.45, 7) is 4.44. The van der Waals surface area contributed by atoms with Crippen LogP contribution in [0.2, 0.25) is 0 Å². The Morgan fingerprint density at radius 2 is 1.09 bits per heavy atom. The van der Waals surface area contributed by atoms with Crippen LogP contribution in [0.1, 0.15) is 16.7 Å². The van der Waals surface area contributed by atoms with Crippen LogP contribution in [0.3, 0.4) is 0 Å². The summed E-state index contributed by atoms with van der Waals surface area (Å²) in [5.41, 5.74) is 4.24. The van der Waals surface area contributed by atoms with E-state index in [-0.39, 0.29) is 0 Å². The molecule has 0 aliphatic carbocycles. The zero-order valence-electron chi connectivity index (χ0n) is 13.6. The Labute approximate surface area is 147 Å². The summed E-state index contributed by atoms with van der Waals surface area (Å²) in [4.78, 5) is 0. The molecule has 118 valence electrons. The van der Waals surface area contributed by atoms with Crippen molar-refractivity contribution in [3.05, 3.63) is 95.6 Å². The SMILES string of the molecule is Cc1cccc(C)c1C[PH](Br)(c1ccccc1)c1ccccc1. The Hall–Kier alpha value is -1.43. The predicted molar refractivity (Wildman–Crippen MR) is 109 cm³/mol. The predicted octanol–water partition coefficient (Wildman–Crippen LogP) is 5.51. The summed E-state index contributed by atoms with van der Waals surface area (Å²) in [6, 6.07) is 28.4. The van der Waals surface area contributed by atoms with Crippen LogP contribution >= 0.6 is 21.5 Å². The van der Waals surface area contributed by atoms with Crippen molar-refractivity contribution in [1.29, 1.82) is 0 Å². The average molecular weight is 385 g/mol. The first kappa shape index (κ1) is 16.4. The molecule has 0 spiro atoms. The van der Waals surface area contributed by atoms with Gasteiger partial charge in [0, 0.05) is 0 Å². The van der Waals surface area contributed by atoms with Gasteiger partial charge in [-0.15, -0.1) is 0 Å². The second-order valence-electron chi connectivity index (χ2n) is 6.08. The van der Waals surface area contributed by atoms with Gasteiger partial charge < -0.3 is 0 Å². The van der Waals surface area contributed by atoms with E-state index in [0.29, 0.717) is 0 Å². The summed E-state index contributed by atoms with van der Waals surface area (Å²) in [5.74, 6) is -1.99. The van der Waals surface area contributed by atoms with Crippen LogP contribution < -0.4 is 10.6 Å². The van der Waals surface area contributed by atoms with E-state index in [0.717, 1.165) is 6.16 Å². The second kappa shape index (κ2) is 6.99. The molecule has 0 saturated carbocycles. The van der Waals surface area contributed by atoms with E-state index in [9.17, 15) is 0 Å². The number of aryl methyl sites for hydroxylation is 2. The van der Waals surface area contributed by atoms with Crippen LogP contribution in [-0.4, -0.2) is 0 Å². The number of halogens is 1. The standard InChI is InChI=1S/C21H22BrP/c1-17-10-9-11-18(2)21(17)16-23(22,19-12-5-3-6-13-19)20-14-7-4-8-15-20/h3-15,23H,16H2,1-2H3. The van der Waals surface area contributed by atoms with Gasteiger partial charge in [0.05, 0.1) is 0 Å². The second-order valence-corrected chi connectivity index (χ2v) is 13.3. The number of hydrogen-bond acceptors (Lipinski definition) is 0. The van der Waals surface area contributed by atoms with Gasteiger partial charge in [0.15, 0.2) is 0 Å². The average Bonchev–Trinajstić information content (AvgIpc) is 2.60. The molecule has 0 radical (unpaired) electrons. The Morgan fingerprint density at radius 1 is 0.652 bits per heavy atom. The van der Waals surface area contributed by atoms with Gasteiger partial charge in [-0.1, -0.05) is 0 Å². The molecular weight excluding hydrogens is 363 g/mol. The van der Waals surface area contributed by atoms with E-state index >= 15 is 0 Å². The third kappa shape index (κ3) is 3.42. The maximum absolute atomic E-state index is 4.25. The molecule has 0 aliphatic heterocycles. The van der Waals surface area contributed by atoms with Gasteiger partial charge in [-0.25, -0.2) is 0 Å². The molecule has 3 aromatic carbocycles. The van der Waals surface area contributed by atoms with Gasteiger partial charge in [-0.2, -0.15) is 0 Å². The molecule has 0 heterocycles. The first-order valence-electron chi connectivity index (χ1n) is 7.96. The van der Waals surface area contributed by atoms with Gasteiger partial charge in [0.2, 0.25) is 0 Å². The molecule has 0 unspecified atom stereocenters. The van der Waals surface area contributed by atoms with Crippen molar-refractivity contribution in [3.8, 4) is 0 Å². The molecular formula is C21H22BrP. The molecule has 3 rings (SSSR count). The number of hydrogen-bond donors (Lipinski definition) is 0. The topological polar surface area (TPSA) is 0 Å². The van der Waals surface area contributed by atoms with Crippen molar-refractivity contribution in [3.63, 3.8) is 0 Å². The van der Waals surface area contributed by atoms with E-state index in [1.165, 1.54) is 27.3 Å². The molecule has 0 fully saturated rings. The summed E-state index contributed by atoms with van der Waals surface area (Å²) in [5, 5.41) is 2.85. The van der Waals surface area contributed by atoms with E-state index in [2.05, 4.69) is 108 Å². The maximum atomic E-state index is 4.25. The Morgan fingerprint density at radius 3 is 1.52 bits per heavy atom. The van der Waals surface area contributed by atoms with Crippen molar-refractivity contribution < 1.29 is 0 Å². The van der Waals surface area contributed by atoms with Gasteiger partial charge in [-0.05, 0) is 0 Å². The van der Waals surface area contributed by atoms with Crippen molar-refractivity contribution in [2.45, 2.75) is 20.0 Å². The van der Waals surface area contributed by atoms with Crippen molar-refractivity contribution in [2.75, 3.05) is 0 Å². The molecule has 0 bridgehead atoms. The third-order valence-electron chi connectivity index (χ3n) is 4.53. The number of benzene rings is 3. The Balaban J connectivity index is 2.14. The van der Waals surface area contributed by atoms with Crippen LogP contribution in [0, 0.1) is 13.8 Å². The zero-order chi connectivity index (χ0) is 16.3. The summed E-state index contributed by atoms with van der Waals surface area (Å²) in [6.07, 6.45) is 1.07. The summed E-state index contributed by atoms with van der Waals surface area (Å²) in [7, 11) is 0. The van der Waals surface area contributed by atoms with E-state index in [1.54, 1.807) is 0 Å². The minimum atomic E-state index is -1.99. The molecule has 3 aromatic rings. The first-order valence-corrected chi connectivity index (χ1v) is 12.4. The first-order chi connectivity index (χ1) is 11.1. The van der Waals surface area contributed by atoms with Crippen molar-refractivity contribution >= 4 is 32.1 Å². The molecule has 0 aliphatic rings. The normalized spacial score (nSPS) is 12.1. The van der Waals surface area contributed by atoms with E-state index in [1.807, 2.05) is 0 Å². The summed E-state index contributed by atoms with van der Waals surface area (Å²) < 4.78 is 0. The third-order valence-corrected chi connectivity index (χ3v) is 11.5. The quantitative estimate of drug-likeness (QED) is 0.519. The van der Waals surface area contributed by atoms with Gasteiger partial charge >= 0.3 is 148 Å². The minimum absolute atomic E-state index is 1.07. The number of rotatable bonds is 4. The van der Waals surface area contributed by atoms with Crippen LogP contribution in [0.4, 0.5) is 0 Å². The Bertz CT molecular complexity index is 722. The van der Waals surface area contributed by atoms with Crippen molar-refractivity contribution in [1.82, 2.24) is 0 Å². The fourth-order valence-electron chi connectivity index (χ4n) is 3.15. The molecule has 0 atom stereocenters. The monoisotopic (exact) mass is 384 g/mol. The molecule has 2 heteroatoms. The summed E-state index contributed by atoms with van der Waals surface area (Å²) >= 11 is 4.25. The molecule has 0 aromatic heterocycles. The van der Waals surface area contributed by atoms with Crippen LogP contribution in [0.15, 0.2) is 78.9 Å². The molecule has 0 saturated heterocycles. The molecule has 23 heavy (non-hydrogen) atoms. The van der Waals surface area contributed by atoms with Crippen LogP contribution in [0.5, 0.6) is 0 Å². The fraction of sp³-hybridized carbons (Fsp3) is 0.143. The van der Waals surface area contributed by atoms with E-state index in [4.69, 9.17) is 0 Å². The molecule has 0 nitrogen and oxygen atoms in total. The van der Waals surface area contributed by atoms with E-state index < -0.39 is 5.96 Å². The van der Waals surface area contributed by atoms with Crippen molar-refractivity contribution in [2.24, 2.45) is 0 Å². The van der Waals surface area contributed by atoms with Gasteiger partial charge in [-0.3, -0.25) is 0 Å². The van der Waals surface area contributed by atoms with Gasteiger partial charge in [0.25, 0.3) is 0 Å². The Kier molecular flexibility index (Phi) is 4.99.